The molecule has 0 bridgehead atoms. The van der Waals surface area contributed by atoms with Gasteiger partial charge in [0.1, 0.15) is 13.6 Å². The minimum Gasteiger partial charge on any atom is -0.481 e. The third kappa shape index (κ3) is 4.59. The molecule has 0 aliphatic carbocycles. The summed E-state index contributed by atoms with van der Waals surface area (Å²) in [5, 5.41) is 14.9. The molecule has 9 heteroatoms. The molecule has 2 aromatic rings. The van der Waals surface area contributed by atoms with Crippen LogP contribution in [0.15, 0.2) is 50.4 Å². The number of carboxylic acids is 1. The van der Waals surface area contributed by atoms with Crippen molar-refractivity contribution in [3.63, 3.8) is 0 Å². The van der Waals surface area contributed by atoms with E-state index in [-0.39, 0.29) is 17.1 Å². The summed E-state index contributed by atoms with van der Waals surface area (Å²) in [4.78, 5) is 23.7. The number of ether oxygens (including phenoxy) is 1. The molecule has 3 rings (SSSR count). The van der Waals surface area contributed by atoms with Crippen LogP contribution in [-0.2, 0) is 4.79 Å². The van der Waals surface area contributed by atoms with Gasteiger partial charge in [0.15, 0.2) is 12.4 Å². The van der Waals surface area contributed by atoms with Crippen molar-refractivity contribution in [3.8, 4) is 5.75 Å². The predicted octanol–water partition coefficient (Wildman–Crippen LogP) is 2.77. The molecule has 27 heavy (non-hydrogen) atoms. The average molecular weight is 492 g/mol. The average Bonchev–Trinajstić information content (AvgIpc) is 3.09. The second-order valence-electron chi connectivity index (χ2n) is 5.85. The van der Waals surface area contributed by atoms with Gasteiger partial charge in [0, 0.05) is 15.2 Å². The number of halogens is 2. The fraction of sp³-hybridized carbons (Fsp3) is 0.167. The maximum atomic E-state index is 13.0. The Hall–Kier alpha value is -2.13. The van der Waals surface area contributed by atoms with Crippen molar-refractivity contribution in [2.75, 3.05) is 18.2 Å². The number of carbonyl (C=O) groups is 2. The zero-order chi connectivity index (χ0) is 19.6. The Morgan fingerprint density at radius 2 is 2.04 bits per heavy atom. The van der Waals surface area contributed by atoms with Crippen LogP contribution in [0, 0.1) is 5.92 Å². The van der Waals surface area contributed by atoms with Gasteiger partial charge in [0.05, 0.1) is 23.7 Å². The zero-order valence-corrected chi connectivity index (χ0v) is 17.1. The summed E-state index contributed by atoms with van der Waals surface area (Å²) in [5.74, 6) is -1.68. The number of anilines is 1. The maximum Gasteiger partial charge on any atom is 0.341 e. The number of carboxylic acid groups (broad SMARTS) is 1. The summed E-state index contributed by atoms with van der Waals surface area (Å²) < 4.78 is 7.00. The van der Waals surface area contributed by atoms with Gasteiger partial charge in [0.25, 0.3) is 0 Å². The summed E-state index contributed by atoms with van der Waals surface area (Å²) >= 11 is 6.89. The van der Waals surface area contributed by atoms with Crippen molar-refractivity contribution >= 4 is 68.8 Å². The van der Waals surface area contributed by atoms with Crippen LogP contribution in [0.3, 0.4) is 0 Å². The molecular weight excluding hydrogens is 479 g/mol. The molecular formula is C18H13BBr2N2O4. The molecule has 1 unspecified atom stereocenters. The summed E-state index contributed by atoms with van der Waals surface area (Å²) in [6.45, 7) is -0.187. The first-order valence-corrected chi connectivity index (χ1v) is 9.49. The normalized spacial score (nSPS) is 15.8. The molecule has 0 saturated carbocycles. The smallest absolute Gasteiger partial charge is 0.341 e. The lowest BCUT2D eigenvalue weighted by Crippen LogP contribution is -2.25. The van der Waals surface area contributed by atoms with E-state index < -0.39 is 18.5 Å². The number of ketones is 1. The molecule has 1 aliphatic rings. The summed E-state index contributed by atoms with van der Waals surface area (Å²) in [5.41, 5.74) is 1.47. The van der Waals surface area contributed by atoms with Crippen molar-refractivity contribution in [2.45, 2.75) is 0 Å². The van der Waals surface area contributed by atoms with E-state index >= 15 is 0 Å². The lowest BCUT2D eigenvalue weighted by Gasteiger charge is -2.18. The van der Waals surface area contributed by atoms with E-state index in [0.29, 0.717) is 12.0 Å². The van der Waals surface area contributed by atoms with Crippen LogP contribution in [0.4, 0.5) is 5.69 Å². The quantitative estimate of drug-likeness (QED) is 0.496. The molecule has 1 N–H and O–H groups in total. The number of carbonyl (C=O) groups excluding carboxylic acids is 1. The Balaban J connectivity index is 1.80. The highest BCUT2D eigenvalue weighted by Gasteiger charge is 2.29. The van der Waals surface area contributed by atoms with Crippen molar-refractivity contribution in [1.82, 2.24) is 0 Å². The van der Waals surface area contributed by atoms with Gasteiger partial charge in [-0.1, -0.05) is 33.5 Å². The second kappa shape index (κ2) is 8.27. The number of benzene rings is 2. The van der Waals surface area contributed by atoms with Crippen LogP contribution in [0.1, 0.15) is 10.4 Å². The Bertz CT molecular complexity index is 936. The number of rotatable bonds is 6. The first-order valence-electron chi connectivity index (χ1n) is 7.90. The Kier molecular flexibility index (Phi) is 6.01. The third-order valence-corrected chi connectivity index (χ3v) is 5.03. The fourth-order valence-electron chi connectivity index (χ4n) is 2.65. The van der Waals surface area contributed by atoms with E-state index in [1.165, 1.54) is 12.1 Å². The van der Waals surface area contributed by atoms with Gasteiger partial charge in [-0.2, -0.15) is 5.10 Å². The molecule has 1 heterocycles. The zero-order valence-electron chi connectivity index (χ0n) is 13.9. The molecule has 0 spiro atoms. The number of hydrogen-bond donors (Lipinski definition) is 1. The molecule has 136 valence electrons. The van der Waals surface area contributed by atoms with Gasteiger partial charge in [0.2, 0.25) is 0 Å². The molecule has 0 amide bonds. The molecule has 2 radical (unpaired) electrons. The highest BCUT2D eigenvalue weighted by Crippen LogP contribution is 2.32. The first-order chi connectivity index (χ1) is 12.8. The van der Waals surface area contributed by atoms with Crippen LogP contribution in [0.25, 0.3) is 0 Å². The van der Waals surface area contributed by atoms with E-state index in [0.717, 1.165) is 14.6 Å². The highest BCUT2D eigenvalue weighted by atomic mass is 79.9. The number of hydrogen-bond acceptors (Lipinski definition) is 5. The number of hydrazone groups is 1. The SMILES string of the molecule is [B]c1ccc(OCC(=O)O)c(C(=O)C2C=NN(c3ccc(Br)cc3Br)C2)c1. The highest BCUT2D eigenvalue weighted by molar-refractivity contribution is 9.11. The third-order valence-electron chi connectivity index (χ3n) is 3.90. The monoisotopic (exact) mass is 490 g/mol. The maximum absolute atomic E-state index is 13.0. The van der Waals surface area contributed by atoms with Gasteiger partial charge in [-0.05, 0) is 40.2 Å². The van der Waals surface area contributed by atoms with Crippen LogP contribution in [0.5, 0.6) is 5.75 Å². The van der Waals surface area contributed by atoms with Gasteiger partial charge >= 0.3 is 5.97 Å². The summed E-state index contributed by atoms with van der Waals surface area (Å²) in [7, 11) is 5.79. The molecule has 0 aromatic heterocycles. The van der Waals surface area contributed by atoms with Crippen LogP contribution in [-0.4, -0.2) is 44.1 Å². The van der Waals surface area contributed by atoms with E-state index in [4.69, 9.17) is 17.7 Å². The van der Waals surface area contributed by atoms with Crippen molar-refractivity contribution in [2.24, 2.45) is 11.0 Å². The minimum absolute atomic E-state index is 0.188. The lowest BCUT2D eigenvalue weighted by molar-refractivity contribution is -0.139. The van der Waals surface area contributed by atoms with E-state index in [9.17, 15) is 9.59 Å². The van der Waals surface area contributed by atoms with Crippen LogP contribution >= 0.6 is 31.9 Å². The molecule has 6 nitrogen and oxygen atoms in total. The van der Waals surface area contributed by atoms with Gasteiger partial charge in [-0.3, -0.25) is 9.80 Å². The molecule has 0 saturated heterocycles. The molecule has 1 aliphatic heterocycles. The van der Waals surface area contributed by atoms with E-state index in [1.807, 2.05) is 18.2 Å². The Labute approximate surface area is 173 Å². The van der Waals surface area contributed by atoms with Crippen LogP contribution in [0.2, 0.25) is 0 Å². The lowest BCUT2D eigenvalue weighted by atomic mass is 9.90. The van der Waals surface area contributed by atoms with E-state index in [1.54, 1.807) is 17.3 Å². The second-order valence-corrected chi connectivity index (χ2v) is 7.62. The van der Waals surface area contributed by atoms with Gasteiger partial charge < -0.3 is 9.84 Å². The molecule has 2 aromatic carbocycles. The molecule has 0 fully saturated rings. The number of Topliss-reactive ketones (excluding diaryl/α,β-unsaturated/α-hetero) is 1. The van der Waals surface area contributed by atoms with Crippen molar-refractivity contribution in [3.05, 3.63) is 50.9 Å². The molecule has 1 atom stereocenters. The standard InChI is InChI=1S/C18H13BBr2N2O4/c19-11-1-4-16(27-9-17(24)25)13(5-11)18(26)10-7-22-23(8-10)15-3-2-12(20)6-14(15)21/h1-7,10H,8-9H2,(H,24,25). The Morgan fingerprint density at radius 3 is 2.74 bits per heavy atom. The fourth-order valence-corrected chi connectivity index (χ4v) is 3.90. The topological polar surface area (TPSA) is 79.2 Å². The van der Waals surface area contributed by atoms with Crippen molar-refractivity contribution in [1.29, 1.82) is 0 Å². The first kappa shape index (κ1) is 19.6. The van der Waals surface area contributed by atoms with Crippen LogP contribution < -0.4 is 15.2 Å². The summed E-state index contributed by atoms with van der Waals surface area (Å²) in [6, 6.07) is 10.2. The van der Waals surface area contributed by atoms with Gasteiger partial charge in [-0.25, -0.2) is 4.79 Å². The predicted molar refractivity (Wildman–Crippen MR) is 110 cm³/mol. The van der Waals surface area contributed by atoms with Gasteiger partial charge in [-0.15, -0.1) is 0 Å². The number of nitrogens with zero attached hydrogens (tertiary/aromatic N) is 2. The Morgan fingerprint density at radius 1 is 1.26 bits per heavy atom. The summed E-state index contributed by atoms with van der Waals surface area (Å²) in [6.07, 6.45) is 1.57. The number of aliphatic carboxylic acids is 1. The largest absolute Gasteiger partial charge is 0.481 e. The van der Waals surface area contributed by atoms with E-state index in [2.05, 4.69) is 37.0 Å². The minimum atomic E-state index is -1.13. The van der Waals surface area contributed by atoms with Crippen molar-refractivity contribution < 1.29 is 19.4 Å².